The molecule has 1 fully saturated rings. The van der Waals surface area contributed by atoms with E-state index in [-0.39, 0.29) is 24.2 Å². The van der Waals surface area contributed by atoms with Crippen LogP contribution in [0.25, 0.3) is 11.3 Å². The van der Waals surface area contributed by atoms with E-state index < -0.39 is 11.0 Å². The Morgan fingerprint density at radius 2 is 2.00 bits per heavy atom. The molecule has 5 rings (SSSR count). The van der Waals surface area contributed by atoms with Gasteiger partial charge in [0, 0.05) is 36.7 Å². The van der Waals surface area contributed by atoms with Crippen LogP contribution in [0.4, 0.5) is 17.1 Å². The van der Waals surface area contributed by atoms with Gasteiger partial charge in [-0.1, -0.05) is 17.7 Å². The predicted octanol–water partition coefficient (Wildman–Crippen LogP) is 5.67. The van der Waals surface area contributed by atoms with Crippen molar-refractivity contribution < 1.29 is 18.9 Å². The Morgan fingerprint density at radius 3 is 2.67 bits per heavy atom. The van der Waals surface area contributed by atoms with Gasteiger partial charge in [-0.25, -0.2) is 0 Å². The van der Waals surface area contributed by atoms with Gasteiger partial charge < -0.3 is 24.7 Å². The van der Waals surface area contributed by atoms with Crippen molar-refractivity contribution in [2.75, 3.05) is 23.9 Å². The Bertz CT molecular complexity index is 1530. The van der Waals surface area contributed by atoms with Gasteiger partial charge in [-0.3, -0.25) is 19.9 Å². The van der Waals surface area contributed by atoms with Crippen LogP contribution in [0.5, 0.6) is 0 Å². The maximum Gasteiger partial charge on any atom is 0.269 e. The molecule has 0 saturated carbocycles. The number of methoxy groups -OCH3 is 1. The number of halogens is 1. The summed E-state index contributed by atoms with van der Waals surface area (Å²) >= 11 is 12.3. The molecule has 0 bridgehead atoms. The van der Waals surface area contributed by atoms with Crippen LogP contribution in [0.15, 0.2) is 83.4 Å². The Balaban J connectivity index is 1.52. The van der Waals surface area contributed by atoms with Crippen LogP contribution in [-0.4, -0.2) is 34.6 Å². The average Bonchev–Trinajstić information content (AvgIpc) is 3.55. The molecule has 4 aromatic rings. The zero-order valence-electron chi connectivity index (χ0n) is 20.5. The molecule has 39 heavy (non-hydrogen) atoms. The number of non-ortho nitro benzene ring substituents is 1. The fourth-order valence-corrected chi connectivity index (χ4v) is 4.98. The van der Waals surface area contributed by atoms with Gasteiger partial charge in [0.15, 0.2) is 5.11 Å². The van der Waals surface area contributed by atoms with Gasteiger partial charge in [0.25, 0.3) is 5.69 Å². The monoisotopic (exact) mass is 563 g/mol. The molecule has 10 nitrogen and oxygen atoms in total. The number of aromatic nitrogens is 1. The summed E-state index contributed by atoms with van der Waals surface area (Å²) in [6.45, 7) is -0.0956. The third-order valence-corrected chi connectivity index (χ3v) is 6.79. The number of nitrogens with one attached hydrogen (secondary N) is 2. The molecule has 2 atom stereocenters. The highest BCUT2D eigenvalue weighted by Gasteiger charge is 2.42. The SMILES string of the molecule is COCC(=O)Nc1ccc(N2C(=S)N[C@@H](c3ccccn3)[C@@H]2c2ccc(-c3ccc([N+](=O)[O-])cc3)o2)cc1Cl. The van der Waals surface area contributed by atoms with E-state index in [1.807, 2.05) is 35.2 Å². The lowest BCUT2D eigenvalue weighted by atomic mass is 10.0. The van der Waals surface area contributed by atoms with E-state index in [0.29, 0.717) is 38.6 Å². The summed E-state index contributed by atoms with van der Waals surface area (Å²) in [5.74, 6) is 0.819. The maximum absolute atomic E-state index is 12.0. The van der Waals surface area contributed by atoms with Crippen molar-refractivity contribution in [2.45, 2.75) is 12.1 Å². The van der Waals surface area contributed by atoms with Crippen LogP contribution >= 0.6 is 23.8 Å². The zero-order chi connectivity index (χ0) is 27.5. The third kappa shape index (κ3) is 5.46. The number of pyridine rings is 1. The van der Waals surface area contributed by atoms with E-state index in [2.05, 4.69) is 15.6 Å². The van der Waals surface area contributed by atoms with Crippen LogP contribution in [0, 0.1) is 10.1 Å². The van der Waals surface area contributed by atoms with Gasteiger partial charge in [-0.15, -0.1) is 0 Å². The molecule has 2 aromatic carbocycles. The van der Waals surface area contributed by atoms with Crippen LogP contribution in [0.2, 0.25) is 5.02 Å². The number of ether oxygens (including phenoxy) is 1. The normalized spacial score (nSPS) is 16.7. The summed E-state index contributed by atoms with van der Waals surface area (Å²) in [6.07, 6.45) is 1.71. The molecule has 1 aliphatic heterocycles. The Kier molecular flexibility index (Phi) is 7.55. The second-order valence-corrected chi connectivity index (χ2v) is 9.44. The number of benzene rings is 2. The number of rotatable bonds is 8. The fraction of sp³-hybridized carbons (Fsp3) is 0.148. The molecule has 1 saturated heterocycles. The van der Waals surface area contributed by atoms with Gasteiger partial charge in [0.05, 0.1) is 27.4 Å². The summed E-state index contributed by atoms with van der Waals surface area (Å²) in [5.41, 5.74) is 2.57. The number of hydrogen-bond donors (Lipinski definition) is 2. The number of carbonyl (C=O) groups excluding carboxylic acids is 1. The van der Waals surface area contributed by atoms with Crippen molar-refractivity contribution >= 4 is 51.9 Å². The van der Waals surface area contributed by atoms with Crippen LogP contribution in [-0.2, 0) is 9.53 Å². The molecule has 1 amide bonds. The first kappa shape index (κ1) is 26.3. The third-order valence-electron chi connectivity index (χ3n) is 6.16. The number of furan rings is 1. The van der Waals surface area contributed by atoms with Gasteiger partial charge in [-0.05, 0) is 66.8 Å². The van der Waals surface area contributed by atoms with Crippen molar-refractivity contribution in [1.29, 1.82) is 0 Å². The molecular formula is C27H22ClN5O5S. The zero-order valence-corrected chi connectivity index (χ0v) is 22.1. The minimum Gasteiger partial charge on any atom is -0.459 e. The van der Waals surface area contributed by atoms with E-state index in [1.165, 1.54) is 19.2 Å². The number of hydrogen-bond acceptors (Lipinski definition) is 7. The number of carbonyl (C=O) groups is 1. The summed E-state index contributed by atoms with van der Waals surface area (Å²) in [5, 5.41) is 17.9. The lowest BCUT2D eigenvalue weighted by molar-refractivity contribution is -0.384. The summed E-state index contributed by atoms with van der Waals surface area (Å²) < 4.78 is 11.2. The molecule has 0 spiro atoms. The first-order valence-corrected chi connectivity index (χ1v) is 12.6. The lowest BCUT2D eigenvalue weighted by Gasteiger charge is -2.26. The standard InChI is InChI=1S/C27H22ClN5O5S/c1-37-15-24(34)30-20-10-9-18(14-19(20)28)32-26(25(31-27(32)39)21-4-2-3-13-29-21)23-12-11-22(38-23)16-5-7-17(8-6-16)33(35)36/h2-14,25-26H,15H2,1H3,(H,30,34)(H,31,39)/t25-,26-/m0/s1. The van der Waals surface area contributed by atoms with Crippen molar-refractivity contribution in [3.8, 4) is 11.3 Å². The number of amides is 1. The maximum atomic E-state index is 12.0. The van der Waals surface area contributed by atoms with Crippen molar-refractivity contribution in [3.05, 3.63) is 106 Å². The highest BCUT2D eigenvalue weighted by molar-refractivity contribution is 7.80. The summed E-state index contributed by atoms with van der Waals surface area (Å²) in [4.78, 5) is 29.0. The highest BCUT2D eigenvalue weighted by atomic mass is 35.5. The molecule has 0 aliphatic carbocycles. The Hall–Kier alpha value is -4.32. The second-order valence-electron chi connectivity index (χ2n) is 8.65. The minimum atomic E-state index is -0.447. The van der Waals surface area contributed by atoms with Crippen LogP contribution in [0.1, 0.15) is 23.5 Å². The van der Waals surface area contributed by atoms with E-state index in [4.69, 9.17) is 33.0 Å². The quantitative estimate of drug-likeness (QED) is 0.159. The number of nitro groups is 1. The molecule has 0 radical (unpaired) electrons. The number of thiocarbonyl (C=S) groups is 1. The highest BCUT2D eigenvalue weighted by Crippen LogP contribution is 2.44. The predicted molar refractivity (Wildman–Crippen MR) is 151 cm³/mol. The van der Waals surface area contributed by atoms with E-state index in [0.717, 1.165) is 5.69 Å². The van der Waals surface area contributed by atoms with Crippen LogP contribution < -0.4 is 15.5 Å². The Labute approximate surface area is 233 Å². The molecule has 3 heterocycles. The lowest BCUT2D eigenvalue weighted by Crippen LogP contribution is -2.29. The largest absolute Gasteiger partial charge is 0.459 e. The number of anilines is 2. The molecule has 0 unspecified atom stereocenters. The molecule has 12 heteroatoms. The van der Waals surface area contributed by atoms with E-state index in [9.17, 15) is 14.9 Å². The van der Waals surface area contributed by atoms with Crippen molar-refractivity contribution in [3.63, 3.8) is 0 Å². The van der Waals surface area contributed by atoms with Gasteiger partial charge >= 0.3 is 0 Å². The average molecular weight is 564 g/mol. The van der Waals surface area contributed by atoms with E-state index in [1.54, 1.807) is 36.5 Å². The molecule has 198 valence electrons. The number of nitro benzene ring substituents is 1. The summed E-state index contributed by atoms with van der Waals surface area (Å²) in [7, 11) is 1.44. The minimum absolute atomic E-state index is 0.00371. The molecule has 2 aromatic heterocycles. The van der Waals surface area contributed by atoms with Gasteiger partial charge in [-0.2, -0.15) is 0 Å². The second kappa shape index (κ2) is 11.2. The Morgan fingerprint density at radius 1 is 1.21 bits per heavy atom. The number of nitrogens with zero attached hydrogens (tertiary/aromatic N) is 3. The van der Waals surface area contributed by atoms with Gasteiger partial charge in [0.1, 0.15) is 24.2 Å². The molecule has 1 aliphatic rings. The van der Waals surface area contributed by atoms with Crippen LogP contribution in [0.3, 0.4) is 0 Å². The van der Waals surface area contributed by atoms with E-state index >= 15 is 0 Å². The van der Waals surface area contributed by atoms with Gasteiger partial charge in [0.2, 0.25) is 5.91 Å². The fourth-order valence-electron chi connectivity index (χ4n) is 4.41. The first-order chi connectivity index (χ1) is 18.9. The smallest absolute Gasteiger partial charge is 0.269 e. The summed E-state index contributed by atoms with van der Waals surface area (Å²) in [6, 6.07) is 19.9. The topological polar surface area (TPSA) is 123 Å². The molecular weight excluding hydrogens is 542 g/mol. The van der Waals surface area contributed by atoms with Crippen molar-refractivity contribution in [1.82, 2.24) is 10.3 Å². The first-order valence-electron chi connectivity index (χ1n) is 11.8. The van der Waals surface area contributed by atoms with Crippen molar-refractivity contribution in [2.24, 2.45) is 0 Å². The molecule has 2 N–H and O–H groups in total.